The molecule has 1 saturated heterocycles. The Labute approximate surface area is 147 Å². The minimum absolute atomic E-state index is 0.456. The van der Waals surface area contributed by atoms with Crippen molar-refractivity contribution < 1.29 is 4.74 Å². The van der Waals surface area contributed by atoms with Crippen molar-refractivity contribution in [1.82, 2.24) is 24.5 Å². The van der Waals surface area contributed by atoms with E-state index in [-0.39, 0.29) is 0 Å². The Morgan fingerprint density at radius 3 is 2.88 bits per heavy atom. The lowest BCUT2D eigenvalue weighted by atomic mass is 9.93. The smallest absolute Gasteiger partial charge is 0.252 e. The summed E-state index contributed by atoms with van der Waals surface area (Å²) in [6.45, 7) is 5.15. The van der Waals surface area contributed by atoms with E-state index < -0.39 is 0 Å². The Hall–Kier alpha value is -2.47. The summed E-state index contributed by atoms with van der Waals surface area (Å²) in [4.78, 5) is 11.2. The van der Waals surface area contributed by atoms with Gasteiger partial charge in [0.2, 0.25) is 0 Å². The maximum absolute atomic E-state index is 5.24. The maximum atomic E-state index is 5.24. The van der Waals surface area contributed by atoms with Gasteiger partial charge in [-0.1, -0.05) is 12.1 Å². The molecule has 6 nitrogen and oxygen atoms in total. The molecule has 1 aliphatic heterocycles. The van der Waals surface area contributed by atoms with Crippen LogP contribution in [-0.2, 0) is 6.54 Å². The largest absolute Gasteiger partial charge is 0.497 e. The van der Waals surface area contributed by atoms with Crippen LogP contribution >= 0.6 is 0 Å². The van der Waals surface area contributed by atoms with Gasteiger partial charge in [0.15, 0.2) is 0 Å². The number of aryl methyl sites for hydroxylation is 1. The van der Waals surface area contributed by atoms with Gasteiger partial charge in [0.25, 0.3) is 5.78 Å². The highest BCUT2D eigenvalue weighted by molar-refractivity contribution is 5.32. The zero-order valence-electron chi connectivity index (χ0n) is 14.7. The molecule has 0 spiro atoms. The van der Waals surface area contributed by atoms with E-state index in [1.807, 2.05) is 23.6 Å². The Bertz CT molecular complexity index is 858. The van der Waals surface area contributed by atoms with Crippen LogP contribution in [0.3, 0.4) is 0 Å². The van der Waals surface area contributed by atoms with Gasteiger partial charge in [-0.2, -0.15) is 10.1 Å². The number of likely N-dealkylation sites (tertiary alicyclic amines) is 1. The zero-order chi connectivity index (χ0) is 17.2. The third-order valence-electron chi connectivity index (χ3n) is 4.90. The molecule has 3 heterocycles. The number of hydrogen-bond donors (Lipinski definition) is 0. The predicted molar refractivity (Wildman–Crippen MR) is 95.8 cm³/mol. The molecule has 4 rings (SSSR count). The molecule has 1 aliphatic rings. The van der Waals surface area contributed by atoms with Crippen LogP contribution in [0.5, 0.6) is 5.75 Å². The fraction of sp³-hybridized carbons (Fsp3) is 0.421. The molecule has 3 aromatic rings. The summed E-state index contributed by atoms with van der Waals surface area (Å²) in [7, 11) is 1.70. The number of nitrogens with zero attached hydrogens (tertiary/aromatic N) is 5. The SMILES string of the molecule is COc1ccc(CN2CCCC(c3cc(C)nc4ncnn34)C2)cc1. The number of methoxy groups -OCH3 is 1. The maximum Gasteiger partial charge on any atom is 0.252 e. The quantitative estimate of drug-likeness (QED) is 0.733. The minimum atomic E-state index is 0.456. The number of aromatic nitrogens is 4. The van der Waals surface area contributed by atoms with Gasteiger partial charge in [-0.05, 0) is 50.1 Å². The van der Waals surface area contributed by atoms with Crippen LogP contribution in [0, 0.1) is 6.92 Å². The number of rotatable bonds is 4. The van der Waals surface area contributed by atoms with Crippen LogP contribution in [0.2, 0.25) is 0 Å². The van der Waals surface area contributed by atoms with Gasteiger partial charge in [0, 0.05) is 24.7 Å². The number of benzene rings is 1. The molecule has 0 aliphatic carbocycles. The fourth-order valence-electron chi connectivity index (χ4n) is 3.68. The highest BCUT2D eigenvalue weighted by Crippen LogP contribution is 2.28. The summed E-state index contributed by atoms with van der Waals surface area (Å²) in [6.07, 6.45) is 3.96. The van der Waals surface area contributed by atoms with E-state index in [4.69, 9.17) is 4.74 Å². The molecule has 1 aromatic carbocycles. The lowest BCUT2D eigenvalue weighted by Crippen LogP contribution is -2.34. The highest BCUT2D eigenvalue weighted by Gasteiger charge is 2.24. The van der Waals surface area contributed by atoms with Crippen LogP contribution in [0.1, 0.15) is 35.7 Å². The molecule has 25 heavy (non-hydrogen) atoms. The van der Waals surface area contributed by atoms with Crippen molar-refractivity contribution >= 4 is 5.78 Å². The number of hydrogen-bond acceptors (Lipinski definition) is 5. The predicted octanol–water partition coefficient (Wildman–Crippen LogP) is 2.82. The first kappa shape index (κ1) is 16.0. The van der Waals surface area contributed by atoms with E-state index in [0.717, 1.165) is 31.1 Å². The fourth-order valence-corrected chi connectivity index (χ4v) is 3.68. The molecule has 0 radical (unpaired) electrons. The summed E-state index contributed by atoms with van der Waals surface area (Å²) >= 11 is 0. The van der Waals surface area contributed by atoms with Gasteiger partial charge in [0.1, 0.15) is 12.1 Å². The van der Waals surface area contributed by atoms with Crippen LogP contribution in [0.25, 0.3) is 5.78 Å². The molecule has 1 fully saturated rings. The van der Waals surface area contributed by atoms with Crippen molar-refractivity contribution in [3.8, 4) is 5.75 Å². The van der Waals surface area contributed by atoms with Gasteiger partial charge in [-0.15, -0.1) is 0 Å². The van der Waals surface area contributed by atoms with Gasteiger partial charge < -0.3 is 4.74 Å². The Balaban J connectivity index is 1.53. The normalized spacial score (nSPS) is 18.6. The van der Waals surface area contributed by atoms with Crippen molar-refractivity contribution in [2.45, 2.75) is 32.2 Å². The van der Waals surface area contributed by atoms with E-state index in [2.05, 4.69) is 38.2 Å². The molecular weight excluding hydrogens is 314 g/mol. The van der Waals surface area contributed by atoms with E-state index in [9.17, 15) is 0 Å². The second-order valence-electron chi connectivity index (χ2n) is 6.72. The number of ether oxygens (including phenoxy) is 1. The summed E-state index contributed by atoms with van der Waals surface area (Å²) in [5.74, 6) is 2.06. The van der Waals surface area contributed by atoms with Crippen LogP contribution in [0.15, 0.2) is 36.7 Å². The van der Waals surface area contributed by atoms with Crippen LogP contribution in [-0.4, -0.2) is 44.7 Å². The molecule has 0 bridgehead atoms. The first-order valence-corrected chi connectivity index (χ1v) is 8.75. The average Bonchev–Trinajstić information content (AvgIpc) is 3.10. The molecule has 1 unspecified atom stereocenters. The van der Waals surface area contributed by atoms with Crippen molar-refractivity contribution in [2.24, 2.45) is 0 Å². The molecule has 1 atom stereocenters. The van der Waals surface area contributed by atoms with Crippen molar-refractivity contribution in [2.75, 3.05) is 20.2 Å². The molecule has 2 aromatic heterocycles. The van der Waals surface area contributed by atoms with Gasteiger partial charge in [-0.25, -0.2) is 9.50 Å². The van der Waals surface area contributed by atoms with Crippen LogP contribution in [0.4, 0.5) is 0 Å². The molecule has 0 N–H and O–H groups in total. The van der Waals surface area contributed by atoms with E-state index in [1.54, 1.807) is 13.4 Å². The topological polar surface area (TPSA) is 55.5 Å². The summed E-state index contributed by atoms with van der Waals surface area (Å²) < 4.78 is 7.14. The minimum Gasteiger partial charge on any atom is -0.497 e. The first-order valence-electron chi connectivity index (χ1n) is 8.75. The standard InChI is InChI=1S/C19H23N5O/c1-14-10-18(24-19(22-14)20-13-21-24)16-4-3-9-23(12-16)11-15-5-7-17(25-2)8-6-15/h5-8,10,13,16H,3-4,9,11-12H2,1-2H3. The van der Waals surface area contributed by atoms with Crippen molar-refractivity contribution in [1.29, 1.82) is 0 Å². The lowest BCUT2D eigenvalue weighted by Gasteiger charge is -2.33. The van der Waals surface area contributed by atoms with E-state index in [1.165, 1.54) is 24.1 Å². The third-order valence-corrected chi connectivity index (χ3v) is 4.90. The van der Waals surface area contributed by atoms with Crippen LogP contribution < -0.4 is 4.74 Å². The zero-order valence-corrected chi connectivity index (χ0v) is 14.7. The molecule has 130 valence electrons. The monoisotopic (exact) mass is 337 g/mol. The summed E-state index contributed by atoms with van der Waals surface area (Å²) in [6, 6.07) is 10.5. The second kappa shape index (κ2) is 6.80. The molecular formula is C19H23N5O. The highest BCUT2D eigenvalue weighted by atomic mass is 16.5. The summed E-state index contributed by atoms with van der Waals surface area (Å²) in [5, 5.41) is 4.37. The Morgan fingerprint density at radius 2 is 2.08 bits per heavy atom. The van der Waals surface area contributed by atoms with Crippen molar-refractivity contribution in [3.05, 3.63) is 53.6 Å². The number of piperidine rings is 1. The van der Waals surface area contributed by atoms with Gasteiger partial charge in [-0.3, -0.25) is 4.90 Å². The molecule has 6 heteroatoms. The van der Waals surface area contributed by atoms with Gasteiger partial charge in [0.05, 0.1) is 12.8 Å². The molecule has 0 amide bonds. The second-order valence-corrected chi connectivity index (χ2v) is 6.72. The van der Waals surface area contributed by atoms with E-state index >= 15 is 0 Å². The average molecular weight is 337 g/mol. The van der Waals surface area contributed by atoms with E-state index in [0.29, 0.717) is 11.7 Å². The van der Waals surface area contributed by atoms with Crippen molar-refractivity contribution in [3.63, 3.8) is 0 Å². The Morgan fingerprint density at radius 1 is 1.24 bits per heavy atom. The summed E-state index contributed by atoms with van der Waals surface area (Å²) in [5.41, 5.74) is 3.54. The van der Waals surface area contributed by atoms with Gasteiger partial charge >= 0.3 is 0 Å². The molecule has 0 saturated carbocycles. The number of fused-ring (bicyclic) bond motifs is 1. The first-order chi connectivity index (χ1) is 12.2. The third kappa shape index (κ3) is 3.35. The lowest BCUT2D eigenvalue weighted by molar-refractivity contribution is 0.197. The Kier molecular flexibility index (Phi) is 4.36.